The number of ketones is 1. The number of fused-ring (bicyclic) bond motifs is 5. The van der Waals surface area contributed by atoms with Crippen LogP contribution in [0.1, 0.15) is 90.2 Å². The molecule has 6 rings (SSSR count). The first-order valence-electron chi connectivity index (χ1n) is 20.1. The van der Waals surface area contributed by atoms with Crippen molar-refractivity contribution in [1.29, 1.82) is 0 Å². The fourth-order valence-corrected chi connectivity index (χ4v) is 10.1. The number of esters is 3. The van der Waals surface area contributed by atoms with Crippen molar-refractivity contribution < 1.29 is 72.8 Å². The topological polar surface area (TPSA) is 234 Å². The van der Waals surface area contributed by atoms with E-state index >= 15 is 4.79 Å². The van der Waals surface area contributed by atoms with Crippen molar-refractivity contribution in [3.8, 4) is 0 Å². The zero-order valence-electron chi connectivity index (χ0n) is 36.3. The second kappa shape index (κ2) is 17.2. The van der Waals surface area contributed by atoms with Gasteiger partial charge in [-0.05, 0) is 63.5 Å². The number of ether oxygens (including phenoxy) is 7. The Morgan fingerprint density at radius 1 is 0.934 bits per heavy atom. The molecule has 1 aliphatic heterocycles. The summed E-state index contributed by atoms with van der Waals surface area (Å²) in [5.74, 6) is -4.52. The zero-order chi connectivity index (χ0) is 44.2. The number of amides is 1. The normalized spacial score (nSPS) is 32.4. The fourth-order valence-electron chi connectivity index (χ4n) is 10.1. The number of Topliss-reactive ketones (excluding diaryl/α,β-unsaturated/α-hetero) is 1. The highest BCUT2D eigenvalue weighted by Crippen LogP contribution is 2.64. The van der Waals surface area contributed by atoms with Gasteiger partial charge in [0.15, 0.2) is 17.5 Å². The highest BCUT2D eigenvalue weighted by molar-refractivity contribution is 5.94. The molecule has 3 fully saturated rings. The van der Waals surface area contributed by atoms with Crippen LogP contribution in [0.3, 0.4) is 0 Å². The van der Waals surface area contributed by atoms with Crippen molar-refractivity contribution in [1.82, 2.24) is 5.32 Å². The van der Waals surface area contributed by atoms with Crippen molar-refractivity contribution in [3.05, 3.63) is 82.9 Å². The van der Waals surface area contributed by atoms with Crippen LogP contribution in [0.15, 0.2) is 71.8 Å². The van der Waals surface area contributed by atoms with Gasteiger partial charge in [0.2, 0.25) is 0 Å². The molecule has 2 aromatic rings. The van der Waals surface area contributed by atoms with E-state index in [1.165, 1.54) is 21.1 Å². The summed E-state index contributed by atoms with van der Waals surface area (Å²) in [4.78, 5) is 70.1. The van der Waals surface area contributed by atoms with Gasteiger partial charge in [0.25, 0.3) is 0 Å². The highest BCUT2D eigenvalue weighted by atomic mass is 16.6. The Kier molecular flexibility index (Phi) is 13.4. The Hall–Kier alpha value is -4.71. The summed E-state index contributed by atoms with van der Waals surface area (Å²) in [6.45, 7) is 12.7. The summed E-state index contributed by atoms with van der Waals surface area (Å²) in [5, 5.41) is 28.0. The van der Waals surface area contributed by atoms with Gasteiger partial charge in [-0.1, -0.05) is 62.4 Å². The minimum absolute atomic E-state index is 0. The number of hydrogen-bond acceptors (Lipinski definition) is 14. The summed E-state index contributed by atoms with van der Waals surface area (Å²) in [5.41, 5.74) is -6.72. The minimum atomic E-state index is -2.22. The molecule has 1 saturated heterocycles. The second-order valence-electron chi connectivity index (χ2n) is 18.0. The maximum atomic E-state index is 15.5. The Morgan fingerprint density at radius 2 is 1.54 bits per heavy atom. The summed E-state index contributed by atoms with van der Waals surface area (Å²) in [6.07, 6.45) is -9.31. The van der Waals surface area contributed by atoms with Crippen LogP contribution in [0.5, 0.6) is 0 Å². The number of benzene rings is 2. The summed E-state index contributed by atoms with van der Waals surface area (Å²) < 4.78 is 42.4. The average Bonchev–Trinajstić information content (AvgIpc) is 3.18. The van der Waals surface area contributed by atoms with E-state index in [0.717, 1.165) is 0 Å². The van der Waals surface area contributed by atoms with Crippen LogP contribution in [0.25, 0.3) is 0 Å². The van der Waals surface area contributed by atoms with Gasteiger partial charge in [-0.25, -0.2) is 14.4 Å². The third-order valence-electron chi connectivity index (χ3n) is 13.0. The van der Waals surface area contributed by atoms with Gasteiger partial charge in [-0.2, -0.15) is 0 Å². The van der Waals surface area contributed by atoms with Crippen molar-refractivity contribution in [2.45, 2.75) is 128 Å². The van der Waals surface area contributed by atoms with Crippen LogP contribution < -0.4 is 5.32 Å². The number of nitrogens with one attached hydrogen (secondary N) is 1. The molecule has 1 amide bonds. The van der Waals surface area contributed by atoms with Crippen LogP contribution in [0.4, 0.5) is 4.79 Å². The molecule has 16 nitrogen and oxygen atoms in total. The number of hydrogen-bond donors (Lipinski definition) is 3. The molecule has 61 heavy (non-hydrogen) atoms. The first kappa shape index (κ1) is 47.3. The van der Waals surface area contributed by atoms with E-state index in [0.29, 0.717) is 11.1 Å². The third kappa shape index (κ3) is 8.09. The van der Waals surface area contributed by atoms with Crippen LogP contribution >= 0.6 is 0 Å². The zero-order valence-corrected chi connectivity index (χ0v) is 36.3. The van der Waals surface area contributed by atoms with E-state index in [1.54, 1.807) is 109 Å². The summed E-state index contributed by atoms with van der Waals surface area (Å²) in [7, 11) is 2.78. The summed E-state index contributed by atoms with van der Waals surface area (Å²) in [6, 6.07) is 15.1. The lowest BCUT2D eigenvalue weighted by atomic mass is 9.44. The first-order chi connectivity index (χ1) is 28.1. The van der Waals surface area contributed by atoms with Gasteiger partial charge in [-0.15, -0.1) is 0 Å². The van der Waals surface area contributed by atoms with Crippen LogP contribution in [-0.4, -0.2) is 120 Å². The fraction of sp³-hybridized carbons (Fsp3) is 0.578. The highest BCUT2D eigenvalue weighted by Gasteiger charge is 2.78. The van der Waals surface area contributed by atoms with Gasteiger partial charge in [-0.3, -0.25) is 9.59 Å². The number of aliphatic hydroxyl groups is 2. The van der Waals surface area contributed by atoms with Crippen LogP contribution in [-0.2, 0) is 47.5 Å². The molecule has 2 aromatic carbocycles. The third-order valence-corrected chi connectivity index (χ3v) is 13.0. The van der Waals surface area contributed by atoms with Crippen molar-refractivity contribution in [3.63, 3.8) is 0 Å². The van der Waals surface area contributed by atoms with Gasteiger partial charge < -0.3 is 54.2 Å². The van der Waals surface area contributed by atoms with Crippen molar-refractivity contribution >= 4 is 29.8 Å². The minimum Gasteiger partial charge on any atom is -0.456 e. The average molecular weight is 854 g/mol. The lowest BCUT2D eigenvalue weighted by Crippen LogP contribution is -2.82. The number of carbonyl (C=O) groups excluding carboxylic acids is 5. The predicted octanol–water partition coefficient (Wildman–Crippen LogP) is 3.74. The molecule has 1 heterocycles. The monoisotopic (exact) mass is 853 g/mol. The maximum Gasteiger partial charge on any atom is 0.408 e. The van der Waals surface area contributed by atoms with E-state index < -0.39 is 112 Å². The Morgan fingerprint density at radius 3 is 2.07 bits per heavy atom. The molecule has 2 bridgehead atoms. The van der Waals surface area contributed by atoms with Crippen molar-refractivity contribution in [2.75, 3.05) is 20.8 Å². The lowest BCUT2D eigenvalue weighted by Gasteiger charge is -2.67. The Bertz CT molecular complexity index is 2010. The van der Waals surface area contributed by atoms with E-state index in [9.17, 15) is 29.4 Å². The molecule has 0 unspecified atom stereocenters. The van der Waals surface area contributed by atoms with Crippen LogP contribution in [0, 0.1) is 16.7 Å². The lowest BCUT2D eigenvalue weighted by molar-refractivity contribution is -0.347. The maximum absolute atomic E-state index is 15.5. The van der Waals surface area contributed by atoms with E-state index in [-0.39, 0.29) is 29.6 Å². The molecule has 2 saturated carbocycles. The number of alkyl carbamates (subject to hydrolysis) is 1. The molecule has 4 aliphatic rings. The molecular weight excluding hydrogens is 794 g/mol. The van der Waals surface area contributed by atoms with Gasteiger partial charge in [0.05, 0.1) is 35.6 Å². The molecule has 334 valence electrons. The summed E-state index contributed by atoms with van der Waals surface area (Å²) >= 11 is 0. The molecule has 3 aliphatic carbocycles. The number of aliphatic hydroxyl groups excluding tert-OH is 1. The molecule has 0 spiro atoms. The predicted molar refractivity (Wildman–Crippen MR) is 217 cm³/mol. The number of rotatable bonds is 10. The van der Waals surface area contributed by atoms with E-state index in [2.05, 4.69) is 5.32 Å². The largest absolute Gasteiger partial charge is 0.456 e. The SMILES string of the molecule is CO[C@H]1C(=O)[C@]2(C)[C@@H](OC)C[C@H]3OC[C@@]3(OC(C)=O)[C@H]2[C@H](OC(=O)c2ccccc2)[C@]2(O)C[C@H](OC(=O)[C@H](O)[C@@H](NC(=O)OC(C)(C)C)c3ccccc3)C(C)=C1C2(C)C.O. The van der Waals surface area contributed by atoms with Gasteiger partial charge >= 0.3 is 24.0 Å². The first-order valence-corrected chi connectivity index (χ1v) is 20.1. The van der Waals surface area contributed by atoms with Crippen LogP contribution in [0.2, 0.25) is 0 Å². The second-order valence-corrected chi connectivity index (χ2v) is 18.0. The number of methoxy groups -OCH3 is 2. The van der Waals surface area contributed by atoms with E-state index in [1.807, 2.05) is 0 Å². The quantitative estimate of drug-likeness (QED) is 0.176. The Balaban J connectivity index is 0.00000704. The molecule has 11 atom stereocenters. The molecule has 0 radical (unpaired) electrons. The molecule has 5 N–H and O–H groups in total. The van der Waals surface area contributed by atoms with Gasteiger partial charge in [0.1, 0.15) is 35.6 Å². The van der Waals surface area contributed by atoms with Crippen molar-refractivity contribution in [2.24, 2.45) is 16.7 Å². The van der Waals surface area contributed by atoms with Gasteiger partial charge in [0, 0.05) is 39.4 Å². The standard InChI is InChI=1S/C45H57NO14.H2O/c1-24-28(57-39(51)33(48)32(26-17-13-11-14-18-26)46-40(52)60-41(3,4)5)22-45(53)37(58-38(50)27-19-15-12-16-20-27)35-43(8,36(49)34(55-10)31(24)42(45,6)7)29(54-9)21-30-44(35,23-56-30)59-25(2)47;/h11-20,28-30,32-35,37,48,53H,21-23H2,1-10H3,(H,46,52);1H2/t28-,29-,30+,32-,33+,34+,35-,37-,43+,44-,45+;/m0./s1. The molecule has 16 heteroatoms. The smallest absolute Gasteiger partial charge is 0.408 e. The van der Waals surface area contributed by atoms with E-state index in [4.69, 9.17) is 33.2 Å². The number of carbonyl (C=O) groups is 5. The molecule has 0 aromatic heterocycles. The Labute approximate surface area is 355 Å². The molecular formula is C45H59NO15.